The zero-order valence-electron chi connectivity index (χ0n) is 11.3. The molecule has 1 aromatic carbocycles. The number of hydroxylamine groups is 1. The molecule has 0 fully saturated rings. The normalized spacial score (nSPS) is 12.1. The molecular weight excluding hydrogens is 244 g/mol. The van der Waals surface area contributed by atoms with E-state index in [9.17, 15) is 4.79 Å². The maximum absolute atomic E-state index is 11.6. The Kier molecular flexibility index (Phi) is 7.81. The molecule has 0 heterocycles. The van der Waals surface area contributed by atoms with Gasteiger partial charge in [0.05, 0.1) is 13.7 Å². The lowest BCUT2D eigenvalue weighted by Gasteiger charge is -2.16. The Morgan fingerprint density at radius 1 is 1.32 bits per heavy atom. The van der Waals surface area contributed by atoms with E-state index in [0.717, 1.165) is 18.4 Å². The monoisotopic (exact) mass is 266 g/mol. The molecule has 0 aliphatic heterocycles. The van der Waals surface area contributed by atoms with Crippen molar-refractivity contribution in [2.24, 2.45) is 5.73 Å². The van der Waals surface area contributed by atoms with E-state index in [1.807, 2.05) is 30.3 Å². The van der Waals surface area contributed by atoms with Crippen molar-refractivity contribution >= 4 is 5.97 Å². The van der Waals surface area contributed by atoms with Crippen molar-refractivity contribution in [3.8, 4) is 0 Å². The van der Waals surface area contributed by atoms with Crippen LogP contribution in [0.4, 0.5) is 0 Å². The first-order valence-electron chi connectivity index (χ1n) is 6.47. The van der Waals surface area contributed by atoms with Gasteiger partial charge in [-0.25, -0.2) is 0 Å². The van der Waals surface area contributed by atoms with Gasteiger partial charge < -0.3 is 10.5 Å². The maximum atomic E-state index is 11.6. The lowest BCUT2D eigenvalue weighted by atomic mass is 10.1. The predicted octanol–water partition coefficient (Wildman–Crippen LogP) is 1.38. The van der Waals surface area contributed by atoms with Crippen molar-refractivity contribution in [2.75, 3.05) is 13.7 Å². The van der Waals surface area contributed by atoms with Gasteiger partial charge in [-0.15, -0.1) is 0 Å². The molecular formula is C14H22N2O3. The average molecular weight is 266 g/mol. The van der Waals surface area contributed by atoms with Gasteiger partial charge in [0.2, 0.25) is 0 Å². The van der Waals surface area contributed by atoms with Crippen LogP contribution >= 0.6 is 0 Å². The molecule has 0 saturated heterocycles. The van der Waals surface area contributed by atoms with E-state index >= 15 is 0 Å². The number of nitrogens with one attached hydrogen (secondary N) is 1. The fourth-order valence-electron chi connectivity index (χ4n) is 1.66. The van der Waals surface area contributed by atoms with Crippen LogP contribution in [0.2, 0.25) is 0 Å². The van der Waals surface area contributed by atoms with Crippen molar-refractivity contribution in [1.82, 2.24) is 5.48 Å². The molecule has 3 N–H and O–H groups in total. The van der Waals surface area contributed by atoms with E-state index < -0.39 is 6.04 Å². The quantitative estimate of drug-likeness (QED) is 0.401. The highest BCUT2D eigenvalue weighted by Gasteiger charge is 2.18. The summed E-state index contributed by atoms with van der Waals surface area (Å²) in [7, 11) is 1.37. The fourth-order valence-corrected chi connectivity index (χ4v) is 1.66. The van der Waals surface area contributed by atoms with Crippen LogP contribution in [0.15, 0.2) is 30.3 Å². The highest BCUT2D eigenvalue weighted by molar-refractivity contribution is 5.75. The minimum absolute atomic E-state index is 0.315. The summed E-state index contributed by atoms with van der Waals surface area (Å²) in [5.74, 6) is -0.315. The van der Waals surface area contributed by atoms with Crippen LogP contribution in [0.5, 0.6) is 0 Å². The second kappa shape index (κ2) is 9.49. The number of unbranched alkanes of at least 4 members (excludes halogenated alkanes) is 1. The summed E-state index contributed by atoms with van der Waals surface area (Å²) in [6, 6.07) is 9.31. The minimum atomic E-state index is -0.444. The molecule has 0 bridgehead atoms. The molecule has 0 radical (unpaired) electrons. The zero-order chi connectivity index (χ0) is 13.9. The van der Waals surface area contributed by atoms with Gasteiger partial charge in [-0.1, -0.05) is 30.3 Å². The molecule has 1 atom stereocenters. The van der Waals surface area contributed by atoms with Crippen molar-refractivity contribution in [2.45, 2.75) is 31.9 Å². The molecule has 0 saturated carbocycles. The summed E-state index contributed by atoms with van der Waals surface area (Å²) in [6.07, 6.45) is 2.39. The molecule has 0 spiro atoms. The molecule has 5 heteroatoms. The second-order valence-electron chi connectivity index (χ2n) is 4.25. The number of esters is 1. The van der Waals surface area contributed by atoms with Crippen molar-refractivity contribution < 1.29 is 14.4 Å². The Labute approximate surface area is 114 Å². The van der Waals surface area contributed by atoms with Gasteiger partial charge in [0, 0.05) is 0 Å². The standard InChI is InChI=1S/C14H22N2O3/c1-18-14(17)13(9-5-6-10-15)16-19-11-12-7-3-2-4-8-12/h2-4,7-8,13,16H,5-6,9-11,15H2,1H3/t13-/m0/s1. The summed E-state index contributed by atoms with van der Waals surface area (Å²) in [6.45, 7) is 1.03. The number of benzene rings is 1. The number of ether oxygens (including phenoxy) is 1. The molecule has 1 aromatic rings. The maximum Gasteiger partial charge on any atom is 0.325 e. The largest absolute Gasteiger partial charge is 0.468 e. The number of methoxy groups -OCH3 is 1. The molecule has 1 rings (SSSR count). The highest BCUT2D eigenvalue weighted by Crippen LogP contribution is 2.04. The van der Waals surface area contributed by atoms with Crippen molar-refractivity contribution in [3.63, 3.8) is 0 Å². The van der Waals surface area contributed by atoms with E-state index in [1.165, 1.54) is 7.11 Å². The molecule has 5 nitrogen and oxygen atoms in total. The Hall–Kier alpha value is -1.43. The van der Waals surface area contributed by atoms with Crippen LogP contribution in [0, 0.1) is 0 Å². The van der Waals surface area contributed by atoms with E-state index in [-0.39, 0.29) is 5.97 Å². The molecule has 0 aliphatic rings. The molecule has 0 amide bonds. The van der Waals surface area contributed by atoms with Gasteiger partial charge in [-0.3, -0.25) is 9.63 Å². The van der Waals surface area contributed by atoms with Gasteiger partial charge in [0.25, 0.3) is 0 Å². The molecule has 0 aliphatic carbocycles. The molecule has 106 valence electrons. The third-order valence-electron chi connectivity index (χ3n) is 2.74. The van der Waals surface area contributed by atoms with Gasteiger partial charge in [0.15, 0.2) is 0 Å². The SMILES string of the molecule is COC(=O)[C@H](CCCCN)NOCc1ccccc1. The first-order chi connectivity index (χ1) is 9.27. The Bertz CT molecular complexity index is 357. The van der Waals surface area contributed by atoms with Crippen molar-refractivity contribution in [3.05, 3.63) is 35.9 Å². The number of carbonyl (C=O) groups is 1. The summed E-state index contributed by atoms with van der Waals surface area (Å²) in [5, 5.41) is 0. The zero-order valence-corrected chi connectivity index (χ0v) is 11.3. The topological polar surface area (TPSA) is 73.6 Å². The minimum Gasteiger partial charge on any atom is -0.468 e. The number of carbonyl (C=O) groups excluding carboxylic acids is 1. The second-order valence-corrected chi connectivity index (χ2v) is 4.25. The molecule has 0 aromatic heterocycles. The van der Waals surface area contributed by atoms with Crippen LogP contribution in [0.3, 0.4) is 0 Å². The average Bonchev–Trinajstić information content (AvgIpc) is 2.46. The first kappa shape index (κ1) is 15.6. The number of hydrogen-bond acceptors (Lipinski definition) is 5. The summed E-state index contributed by atoms with van der Waals surface area (Å²) < 4.78 is 4.73. The van der Waals surface area contributed by atoms with E-state index in [1.54, 1.807) is 0 Å². The number of nitrogens with two attached hydrogens (primary N) is 1. The fraction of sp³-hybridized carbons (Fsp3) is 0.500. The highest BCUT2D eigenvalue weighted by atomic mass is 16.6. The summed E-state index contributed by atoms with van der Waals surface area (Å²) in [5.41, 5.74) is 9.24. The molecule has 0 unspecified atom stereocenters. The van der Waals surface area contributed by atoms with Crippen LogP contribution in [0.1, 0.15) is 24.8 Å². The smallest absolute Gasteiger partial charge is 0.325 e. The van der Waals surface area contributed by atoms with Gasteiger partial charge in [-0.05, 0) is 31.4 Å². The number of rotatable bonds is 9. The Morgan fingerprint density at radius 2 is 2.05 bits per heavy atom. The Morgan fingerprint density at radius 3 is 2.68 bits per heavy atom. The lowest BCUT2D eigenvalue weighted by molar-refractivity contribution is -0.148. The van der Waals surface area contributed by atoms with E-state index in [2.05, 4.69) is 5.48 Å². The van der Waals surface area contributed by atoms with Crippen LogP contribution in [0.25, 0.3) is 0 Å². The molecule has 19 heavy (non-hydrogen) atoms. The summed E-state index contributed by atoms with van der Waals surface area (Å²) >= 11 is 0. The first-order valence-corrected chi connectivity index (χ1v) is 6.47. The van der Waals surface area contributed by atoms with Gasteiger partial charge in [-0.2, -0.15) is 5.48 Å². The lowest BCUT2D eigenvalue weighted by Crippen LogP contribution is -2.37. The van der Waals surface area contributed by atoms with Crippen LogP contribution in [-0.2, 0) is 21.0 Å². The Balaban J connectivity index is 2.33. The third-order valence-corrected chi connectivity index (χ3v) is 2.74. The van der Waals surface area contributed by atoms with Crippen molar-refractivity contribution in [1.29, 1.82) is 0 Å². The van der Waals surface area contributed by atoms with E-state index in [0.29, 0.717) is 19.6 Å². The van der Waals surface area contributed by atoms with Gasteiger partial charge >= 0.3 is 5.97 Å². The third kappa shape index (κ3) is 6.33. The number of hydrogen-bond donors (Lipinski definition) is 2. The summed E-state index contributed by atoms with van der Waals surface area (Å²) in [4.78, 5) is 16.9. The van der Waals surface area contributed by atoms with Gasteiger partial charge in [0.1, 0.15) is 6.04 Å². The van der Waals surface area contributed by atoms with E-state index in [4.69, 9.17) is 15.3 Å². The van der Waals surface area contributed by atoms with Crippen LogP contribution < -0.4 is 11.2 Å². The van der Waals surface area contributed by atoms with Crippen LogP contribution in [-0.4, -0.2) is 25.7 Å². The predicted molar refractivity (Wildman–Crippen MR) is 73.1 cm³/mol.